The largest absolute Gasteiger partial charge is 0.496 e. The van der Waals surface area contributed by atoms with Gasteiger partial charge in [-0.25, -0.2) is 0 Å². The summed E-state index contributed by atoms with van der Waals surface area (Å²) in [7, 11) is 3.17. The third kappa shape index (κ3) is 6.35. The minimum Gasteiger partial charge on any atom is -0.496 e. The van der Waals surface area contributed by atoms with Gasteiger partial charge in [-0.1, -0.05) is 60.7 Å². The van der Waals surface area contributed by atoms with Crippen molar-refractivity contribution >= 4 is 5.91 Å². The second-order valence-corrected chi connectivity index (χ2v) is 7.65. The van der Waals surface area contributed by atoms with Crippen molar-refractivity contribution in [3.05, 3.63) is 101 Å². The van der Waals surface area contributed by atoms with Crippen molar-refractivity contribution in [3.63, 3.8) is 0 Å². The molecule has 0 spiro atoms. The lowest BCUT2D eigenvalue weighted by Gasteiger charge is -2.27. The Morgan fingerprint density at radius 1 is 0.939 bits per heavy atom. The topological polar surface area (TPSA) is 50.4 Å². The lowest BCUT2D eigenvalue weighted by molar-refractivity contribution is -0.137. The minimum absolute atomic E-state index is 0.185. The molecule has 2 N–H and O–H groups in total. The number of aryl methyl sites for hydroxylation is 1. The van der Waals surface area contributed by atoms with E-state index < -0.39 is 17.8 Å². The summed E-state index contributed by atoms with van der Waals surface area (Å²) in [5.41, 5.74) is 1.79. The van der Waals surface area contributed by atoms with Crippen molar-refractivity contribution in [2.24, 2.45) is 0 Å². The van der Waals surface area contributed by atoms with Gasteiger partial charge in [0.1, 0.15) is 11.8 Å². The van der Waals surface area contributed by atoms with Crippen LogP contribution in [0.1, 0.15) is 40.8 Å². The molecule has 4 nitrogen and oxygen atoms in total. The summed E-state index contributed by atoms with van der Waals surface area (Å²) in [6, 6.07) is 21.2. The number of methoxy groups -OCH3 is 1. The van der Waals surface area contributed by atoms with E-state index in [-0.39, 0.29) is 11.9 Å². The highest BCUT2D eigenvalue weighted by molar-refractivity contribution is 5.83. The highest BCUT2D eigenvalue weighted by Crippen LogP contribution is 2.32. The van der Waals surface area contributed by atoms with Crippen LogP contribution in [0.25, 0.3) is 0 Å². The molecule has 33 heavy (non-hydrogen) atoms. The zero-order valence-electron chi connectivity index (χ0n) is 18.5. The average Bonchev–Trinajstić information content (AvgIpc) is 2.84. The molecule has 0 bridgehead atoms. The molecule has 174 valence electrons. The average molecular weight is 457 g/mol. The van der Waals surface area contributed by atoms with Crippen LogP contribution in [0, 0.1) is 0 Å². The molecular formula is C26H27F3N2O2. The number of nitrogens with one attached hydrogen (secondary N) is 2. The molecule has 0 heterocycles. The van der Waals surface area contributed by atoms with Gasteiger partial charge in [0.2, 0.25) is 5.91 Å². The molecule has 0 aliphatic heterocycles. The summed E-state index contributed by atoms with van der Waals surface area (Å²) >= 11 is 0. The molecular weight excluding hydrogens is 429 g/mol. The van der Waals surface area contributed by atoms with Gasteiger partial charge in [0.25, 0.3) is 0 Å². The maximum atomic E-state index is 12.9. The third-order valence-electron chi connectivity index (χ3n) is 5.53. The van der Waals surface area contributed by atoms with Crippen LogP contribution in [0.15, 0.2) is 78.9 Å². The maximum Gasteiger partial charge on any atom is 0.416 e. The number of halogens is 3. The van der Waals surface area contributed by atoms with Crippen LogP contribution in [-0.2, 0) is 17.4 Å². The number of likely N-dealkylation sites (N-methyl/N-ethyl adjacent to an activating group) is 1. The fraction of sp³-hybridized carbons (Fsp3) is 0.269. The van der Waals surface area contributed by atoms with Crippen LogP contribution in [0.3, 0.4) is 0 Å². The molecule has 0 saturated heterocycles. The van der Waals surface area contributed by atoms with Gasteiger partial charge >= 0.3 is 6.18 Å². The molecule has 0 radical (unpaired) electrons. The molecule has 3 aromatic carbocycles. The first kappa shape index (κ1) is 24.3. The van der Waals surface area contributed by atoms with Gasteiger partial charge in [0, 0.05) is 18.7 Å². The highest BCUT2D eigenvalue weighted by Gasteiger charge is 2.30. The summed E-state index contributed by atoms with van der Waals surface area (Å²) in [4.78, 5) is 12.7. The van der Waals surface area contributed by atoms with Gasteiger partial charge in [0.05, 0.1) is 12.7 Å². The van der Waals surface area contributed by atoms with Gasteiger partial charge in [-0.2, -0.15) is 13.2 Å². The Kier molecular flexibility index (Phi) is 8.11. The van der Waals surface area contributed by atoms with Crippen LogP contribution in [0.5, 0.6) is 5.75 Å². The number of hydrogen-bond donors (Lipinski definition) is 2. The van der Waals surface area contributed by atoms with E-state index in [0.29, 0.717) is 18.6 Å². The van der Waals surface area contributed by atoms with E-state index in [9.17, 15) is 18.0 Å². The van der Waals surface area contributed by atoms with E-state index in [1.54, 1.807) is 14.2 Å². The third-order valence-corrected chi connectivity index (χ3v) is 5.53. The first-order chi connectivity index (χ1) is 15.8. The molecule has 3 rings (SSSR count). The SMILES string of the molecule is CNC(=O)C(N[C@H](CCc1ccc(C(F)(F)F)cc1)c1ccccc1OC)c1ccccc1. The quantitative estimate of drug-likeness (QED) is 0.449. The van der Waals surface area contributed by atoms with Crippen LogP contribution in [0.4, 0.5) is 13.2 Å². The standard InChI is InChI=1S/C26H27F3N2O2/c1-30-25(32)24(19-8-4-3-5-9-19)31-22(21-10-6-7-11-23(21)33-2)17-14-18-12-15-20(16-13-18)26(27,28)29/h3-13,15-16,22,24,31H,14,17H2,1-2H3,(H,30,32)/t22-,24?/m1/s1. The molecule has 0 fully saturated rings. The predicted molar refractivity (Wildman–Crippen MR) is 122 cm³/mol. The minimum atomic E-state index is -4.36. The number of benzene rings is 3. The monoisotopic (exact) mass is 456 g/mol. The summed E-state index contributed by atoms with van der Waals surface area (Å²) in [5, 5.41) is 6.15. The number of para-hydroxylation sites is 1. The second-order valence-electron chi connectivity index (χ2n) is 7.65. The molecule has 0 aliphatic carbocycles. The maximum absolute atomic E-state index is 12.9. The summed E-state index contributed by atoms with van der Waals surface area (Å²) in [5.74, 6) is 0.488. The van der Waals surface area contributed by atoms with E-state index in [0.717, 1.165) is 28.8 Å². The Bertz CT molecular complexity index is 1040. The van der Waals surface area contributed by atoms with E-state index in [1.165, 1.54) is 12.1 Å². The Hall–Kier alpha value is -3.32. The molecule has 0 aromatic heterocycles. The van der Waals surface area contributed by atoms with Crippen molar-refractivity contribution in [1.29, 1.82) is 0 Å². The number of ether oxygens (including phenoxy) is 1. The number of amides is 1. The Morgan fingerprint density at radius 2 is 1.58 bits per heavy atom. The second kappa shape index (κ2) is 11.0. The van der Waals surface area contributed by atoms with E-state index in [1.807, 2.05) is 54.6 Å². The molecule has 1 amide bonds. The number of carbonyl (C=O) groups is 1. The smallest absolute Gasteiger partial charge is 0.416 e. The van der Waals surface area contributed by atoms with Crippen LogP contribution in [-0.4, -0.2) is 20.1 Å². The summed E-state index contributed by atoms with van der Waals surface area (Å²) < 4.78 is 44.2. The number of carbonyl (C=O) groups excluding carboxylic acids is 1. The number of alkyl halides is 3. The zero-order chi connectivity index (χ0) is 23.8. The fourth-order valence-electron chi connectivity index (χ4n) is 3.77. The van der Waals surface area contributed by atoms with Crippen molar-refractivity contribution in [2.75, 3.05) is 14.2 Å². The molecule has 7 heteroatoms. The van der Waals surface area contributed by atoms with Crippen molar-refractivity contribution in [2.45, 2.75) is 31.1 Å². The number of hydrogen-bond acceptors (Lipinski definition) is 3. The van der Waals surface area contributed by atoms with Crippen LogP contribution in [0.2, 0.25) is 0 Å². The summed E-state index contributed by atoms with van der Waals surface area (Å²) in [6.07, 6.45) is -3.30. The molecule has 0 saturated carbocycles. The Morgan fingerprint density at radius 3 is 2.18 bits per heavy atom. The lowest BCUT2D eigenvalue weighted by Crippen LogP contribution is -2.38. The van der Waals surface area contributed by atoms with Gasteiger partial charge < -0.3 is 10.1 Å². The van der Waals surface area contributed by atoms with Crippen LogP contribution < -0.4 is 15.4 Å². The molecule has 2 atom stereocenters. The normalized spacial score (nSPS) is 13.2. The Labute approximate surface area is 191 Å². The Balaban J connectivity index is 1.88. The van der Waals surface area contributed by atoms with Crippen LogP contribution >= 0.6 is 0 Å². The fourth-order valence-corrected chi connectivity index (χ4v) is 3.77. The number of rotatable bonds is 9. The highest BCUT2D eigenvalue weighted by atomic mass is 19.4. The molecule has 3 aromatic rings. The molecule has 0 aliphatic rings. The predicted octanol–water partition coefficient (Wildman–Crippen LogP) is 5.46. The molecule has 1 unspecified atom stereocenters. The van der Waals surface area contributed by atoms with Gasteiger partial charge in [-0.3, -0.25) is 10.1 Å². The first-order valence-electron chi connectivity index (χ1n) is 10.6. The van der Waals surface area contributed by atoms with Crippen molar-refractivity contribution in [3.8, 4) is 5.75 Å². The van der Waals surface area contributed by atoms with E-state index >= 15 is 0 Å². The van der Waals surface area contributed by atoms with Gasteiger partial charge in [-0.05, 0) is 42.2 Å². The van der Waals surface area contributed by atoms with Crippen molar-refractivity contribution in [1.82, 2.24) is 10.6 Å². The van der Waals surface area contributed by atoms with E-state index in [4.69, 9.17) is 4.74 Å². The first-order valence-corrected chi connectivity index (χ1v) is 10.6. The lowest BCUT2D eigenvalue weighted by atomic mass is 9.95. The van der Waals surface area contributed by atoms with Crippen molar-refractivity contribution < 1.29 is 22.7 Å². The summed E-state index contributed by atoms with van der Waals surface area (Å²) in [6.45, 7) is 0. The zero-order valence-corrected chi connectivity index (χ0v) is 18.5. The van der Waals surface area contributed by atoms with Gasteiger partial charge in [0.15, 0.2) is 0 Å². The van der Waals surface area contributed by atoms with E-state index in [2.05, 4.69) is 10.6 Å². The van der Waals surface area contributed by atoms with Gasteiger partial charge in [-0.15, -0.1) is 0 Å².